The van der Waals surface area contributed by atoms with Crippen LogP contribution in [0.2, 0.25) is 0 Å². The van der Waals surface area contributed by atoms with Crippen LogP contribution in [0.5, 0.6) is 0 Å². The molecule has 0 spiro atoms. The first-order valence-electron chi connectivity index (χ1n) is 5.38. The Balaban J connectivity index is 2.50. The first kappa shape index (κ1) is 11.5. The smallest absolute Gasteiger partial charge is 0.303 e. The molecular weight excluding hydrogens is 180 g/mol. The molecule has 0 aliphatic heterocycles. The van der Waals surface area contributed by atoms with Crippen LogP contribution in [0.3, 0.4) is 0 Å². The lowest BCUT2D eigenvalue weighted by molar-refractivity contribution is -0.140. The van der Waals surface area contributed by atoms with Gasteiger partial charge in [-0.1, -0.05) is 13.8 Å². The summed E-state index contributed by atoms with van der Waals surface area (Å²) in [6.45, 7) is 4.21. The first-order valence-corrected chi connectivity index (χ1v) is 5.38. The number of carboxylic acid groups (broad SMARTS) is 1. The second-order valence-corrected chi connectivity index (χ2v) is 4.78. The Bertz CT molecular complexity index is 215. The lowest BCUT2D eigenvalue weighted by Crippen LogP contribution is -2.41. The number of carbonyl (C=O) groups is 1. The van der Waals surface area contributed by atoms with Crippen molar-refractivity contribution >= 4 is 5.97 Å². The molecule has 0 radical (unpaired) electrons. The molecule has 1 fully saturated rings. The molecule has 14 heavy (non-hydrogen) atoms. The highest BCUT2D eigenvalue weighted by atomic mass is 16.4. The van der Waals surface area contributed by atoms with Gasteiger partial charge in [0.25, 0.3) is 0 Å². The molecule has 1 saturated carbocycles. The summed E-state index contributed by atoms with van der Waals surface area (Å²) in [6.07, 6.45) is 3.25. The van der Waals surface area contributed by atoms with Crippen molar-refractivity contribution in [2.45, 2.75) is 51.6 Å². The quantitative estimate of drug-likeness (QED) is 0.733. The normalized spacial score (nSPS) is 38.2. The number of rotatable bonds is 3. The van der Waals surface area contributed by atoms with E-state index in [2.05, 4.69) is 6.92 Å². The summed E-state index contributed by atoms with van der Waals surface area (Å²) in [5.74, 6) is 0.0740. The van der Waals surface area contributed by atoms with Crippen molar-refractivity contribution in [1.29, 1.82) is 0 Å². The second kappa shape index (κ2) is 4.30. The Kier molecular flexibility index (Phi) is 3.53. The maximum Gasteiger partial charge on any atom is 0.303 e. The van der Waals surface area contributed by atoms with Crippen LogP contribution >= 0.6 is 0 Å². The highest BCUT2D eigenvalue weighted by Crippen LogP contribution is 2.39. The number of carboxylic acids is 1. The van der Waals surface area contributed by atoms with Crippen molar-refractivity contribution in [3.63, 3.8) is 0 Å². The predicted octanol–water partition coefficient (Wildman–Crippen LogP) is 2.04. The fourth-order valence-corrected chi connectivity index (χ4v) is 2.38. The third-order valence-electron chi connectivity index (χ3n) is 3.52. The largest absolute Gasteiger partial charge is 0.481 e. The van der Waals surface area contributed by atoms with Crippen LogP contribution in [-0.4, -0.2) is 21.8 Å². The van der Waals surface area contributed by atoms with E-state index in [1.54, 1.807) is 0 Å². The first-order chi connectivity index (χ1) is 6.44. The summed E-state index contributed by atoms with van der Waals surface area (Å²) in [7, 11) is 0. The van der Waals surface area contributed by atoms with Crippen LogP contribution in [0.1, 0.15) is 46.0 Å². The summed E-state index contributed by atoms with van der Waals surface area (Å²) >= 11 is 0. The average Bonchev–Trinajstić information content (AvgIpc) is 2.09. The van der Waals surface area contributed by atoms with E-state index in [9.17, 15) is 9.90 Å². The van der Waals surface area contributed by atoms with Gasteiger partial charge >= 0.3 is 5.97 Å². The van der Waals surface area contributed by atoms with Crippen molar-refractivity contribution < 1.29 is 15.0 Å². The van der Waals surface area contributed by atoms with Gasteiger partial charge in [0.15, 0.2) is 0 Å². The molecule has 82 valence electrons. The SMILES string of the molecule is CC1CCC(O)(CCC(=O)O)C(C)C1. The molecule has 1 rings (SSSR count). The Labute approximate surface area is 85.1 Å². The third-order valence-corrected chi connectivity index (χ3v) is 3.52. The van der Waals surface area contributed by atoms with Crippen LogP contribution < -0.4 is 0 Å². The molecule has 0 aromatic carbocycles. The molecule has 0 saturated heterocycles. The van der Waals surface area contributed by atoms with Crippen molar-refractivity contribution in [3.05, 3.63) is 0 Å². The Morgan fingerprint density at radius 3 is 2.64 bits per heavy atom. The predicted molar refractivity (Wildman–Crippen MR) is 54.0 cm³/mol. The van der Waals surface area contributed by atoms with E-state index in [0.29, 0.717) is 12.3 Å². The van der Waals surface area contributed by atoms with Gasteiger partial charge in [0.05, 0.1) is 5.60 Å². The van der Waals surface area contributed by atoms with Gasteiger partial charge in [0, 0.05) is 6.42 Å². The van der Waals surface area contributed by atoms with E-state index >= 15 is 0 Å². The van der Waals surface area contributed by atoms with Gasteiger partial charge in [-0.3, -0.25) is 4.79 Å². The minimum Gasteiger partial charge on any atom is -0.481 e. The topological polar surface area (TPSA) is 57.5 Å². The Morgan fingerprint density at radius 2 is 2.14 bits per heavy atom. The number of aliphatic hydroxyl groups is 1. The second-order valence-electron chi connectivity index (χ2n) is 4.78. The molecule has 0 heterocycles. The van der Waals surface area contributed by atoms with Crippen molar-refractivity contribution in [2.75, 3.05) is 0 Å². The Morgan fingerprint density at radius 1 is 1.50 bits per heavy atom. The molecular formula is C11H20O3. The summed E-state index contributed by atoms with van der Waals surface area (Å²) in [4.78, 5) is 10.4. The summed E-state index contributed by atoms with van der Waals surface area (Å²) < 4.78 is 0. The van der Waals surface area contributed by atoms with E-state index in [0.717, 1.165) is 19.3 Å². The molecule has 0 amide bonds. The highest BCUT2D eigenvalue weighted by Gasteiger charge is 2.38. The van der Waals surface area contributed by atoms with Crippen LogP contribution in [0.25, 0.3) is 0 Å². The zero-order valence-corrected chi connectivity index (χ0v) is 8.99. The number of aliphatic carboxylic acids is 1. The molecule has 0 aromatic rings. The minimum absolute atomic E-state index is 0.0786. The summed E-state index contributed by atoms with van der Waals surface area (Å²) in [5.41, 5.74) is -0.731. The van der Waals surface area contributed by atoms with Gasteiger partial charge in [0.2, 0.25) is 0 Å². The molecule has 3 heteroatoms. The fraction of sp³-hybridized carbons (Fsp3) is 0.909. The van der Waals surface area contributed by atoms with Crippen LogP contribution in [0.15, 0.2) is 0 Å². The third kappa shape index (κ3) is 2.71. The van der Waals surface area contributed by atoms with E-state index in [1.165, 1.54) is 0 Å². The molecule has 3 nitrogen and oxygen atoms in total. The van der Waals surface area contributed by atoms with Gasteiger partial charge < -0.3 is 10.2 Å². The maximum absolute atomic E-state index is 10.4. The van der Waals surface area contributed by atoms with E-state index in [4.69, 9.17) is 5.11 Å². The van der Waals surface area contributed by atoms with E-state index < -0.39 is 11.6 Å². The van der Waals surface area contributed by atoms with Crippen LogP contribution in [0.4, 0.5) is 0 Å². The van der Waals surface area contributed by atoms with Gasteiger partial charge in [-0.15, -0.1) is 0 Å². The minimum atomic E-state index is -0.816. The van der Waals surface area contributed by atoms with Gasteiger partial charge in [0.1, 0.15) is 0 Å². The monoisotopic (exact) mass is 200 g/mol. The van der Waals surface area contributed by atoms with Gasteiger partial charge in [-0.25, -0.2) is 0 Å². The van der Waals surface area contributed by atoms with Crippen LogP contribution in [-0.2, 0) is 4.79 Å². The average molecular weight is 200 g/mol. The molecule has 3 unspecified atom stereocenters. The molecule has 0 aromatic heterocycles. The zero-order chi connectivity index (χ0) is 10.8. The lowest BCUT2D eigenvalue weighted by Gasteiger charge is -2.40. The molecule has 0 bridgehead atoms. The number of hydrogen-bond acceptors (Lipinski definition) is 2. The summed E-state index contributed by atoms with van der Waals surface area (Å²) in [6, 6.07) is 0. The highest BCUT2D eigenvalue weighted by molar-refractivity contribution is 5.66. The summed E-state index contributed by atoms with van der Waals surface area (Å²) in [5, 5.41) is 18.8. The maximum atomic E-state index is 10.4. The molecule has 3 atom stereocenters. The van der Waals surface area contributed by atoms with Crippen LogP contribution in [0, 0.1) is 11.8 Å². The Hall–Kier alpha value is -0.570. The molecule has 2 N–H and O–H groups in total. The zero-order valence-electron chi connectivity index (χ0n) is 8.99. The van der Waals surface area contributed by atoms with Crippen molar-refractivity contribution in [2.24, 2.45) is 11.8 Å². The molecule has 1 aliphatic rings. The van der Waals surface area contributed by atoms with Gasteiger partial charge in [-0.05, 0) is 37.5 Å². The van der Waals surface area contributed by atoms with Crippen molar-refractivity contribution in [3.8, 4) is 0 Å². The fourth-order valence-electron chi connectivity index (χ4n) is 2.38. The van der Waals surface area contributed by atoms with E-state index in [-0.39, 0.29) is 12.3 Å². The van der Waals surface area contributed by atoms with Gasteiger partial charge in [-0.2, -0.15) is 0 Å². The lowest BCUT2D eigenvalue weighted by atomic mass is 9.70. The number of hydrogen-bond donors (Lipinski definition) is 2. The molecule has 1 aliphatic carbocycles. The van der Waals surface area contributed by atoms with E-state index in [1.807, 2.05) is 6.92 Å². The van der Waals surface area contributed by atoms with Crippen molar-refractivity contribution in [1.82, 2.24) is 0 Å². The standard InChI is InChI=1S/C11H20O3/c1-8-3-5-11(14,9(2)7-8)6-4-10(12)13/h8-9,14H,3-7H2,1-2H3,(H,12,13).